The van der Waals surface area contributed by atoms with Crippen molar-refractivity contribution in [3.8, 4) is 0 Å². The zero-order chi connectivity index (χ0) is 13.5. The quantitative estimate of drug-likeness (QED) is 0.804. The molecule has 100 valence electrons. The van der Waals surface area contributed by atoms with E-state index in [2.05, 4.69) is 5.32 Å². The molecule has 0 aromatic heterocycles. The zero-order valence-electron chi connectivity index (χ0n) is 10.7. The minimum atomic E-state index is -0.390. The Labute approximate surface area is 106 Å². The van der Waals surface area contributed by atoms with Crippen molar-refractivity contribution in [1.82, 2.24) is 5.32 Å². The number of anilines is 1. The number of aliphatic hydroxyl groups is 1. The third-order valence-corrected chi connectivity index (χ3v) is 2.66. The van der Waals surface area contributed by atoms with Crippen molar-refractivity contribution in [1.29, 1.82) is 0 Å². The summed E-state index contributed by atoms with van der Waals surface area (Å²) in [4.78, 5) is 13.3. The van der Waals surface area contributed by atoms with E-state index in [4.69, 9.17) is 0 Å². The average molecular weight is 254 g/mol. The molecule has 0 aliphatic rings. The topological polar surface area (TPSA) is 52.6 Å². The van der Waals surface area contributed by atoms with Gasteiger partial charge in [-0.1, -0.05) is 6.92 Å². The number of nitrogens with one attached hydrogen (secondary N) is 1. The van der Waals surface area contributed by atoms with Gasteiger partial charge in [0.15, 0.2) is 0 Å². The van der Waals surface area contributed by atoms with E-state index in [9.17, 15) is 14.3 Å². The van der Waals surface area contributed by atoms with E-state index < -0.39 is 0 Å². The fraction of sp³-hybridized carbons (Fsp3) is 0.462. The highest BCUT2D eigenvalue weighted by Gasteiger charge is 2.13. The lowest BCUT2D eigenvalue weighted by Crippen LogP contribution is -2.36. The van der Waals surface area contributed by atoms with Crippen LogP contribution < -0.4 is 10.2 Å². The van der Waals surface area contributed by atoms with Crippen molar-refractivity contribution in [2.45, 2.75) is 20.0 Å². The maximum atomic E-state index is 13.1. The van der Waals surface area contributed by atoms with Crippen LogP contribution in [0.15, 0.2) is 18.2 Å². The molecule has 18 heavy (non-hydrogen) atoms. The largest absolute Gasteiger partial charge is 0.392 e. The Morgan fingerprint density at radius 2 is 2.22 bits per heavy atom. The van der Waals surface area contributed by atoms with Crippen LogP contribution in [0.25, 0.3) is 0 Å². The van der Waals surface area contributed by atoms with E-state index >= 15 is 0 Å². The summed E-state index contributed by atoms with van der Waals surface area (Å²) < 4.78 is 13.1. The van der Waals surface area contributed by atoms with Gasteiger partial charge in [0.25, 0.3) is 0 Å². The maximum absolute atomic E-state index is 13.1. The molecule has 0 unspecified atom stereocenters. The van der Waals surface area contributed by atoms with Crippen molar-refractivity contribution < 1.29 is 14.3 Å². The number of amides is 1. The van der Waals surface area contributed by atoms with Crippen LogP contribution in [0.1, 0.15) is 18.9 Å². The van der Waals surface area contributed by atoms with Crippen molar-refractivity contribution >= 4 is 11.6 Å². The van der Waals surface area contributed by atoms with Gasteiger partial charge in [0.1, 0.15) is 5.82 Å². The van der Waals surface area contributed by atoms with Crippen LogP contribution >= 0.6 is 0 Å². The van der Waals surface area contributed by atoms with Crippen LogP contribution in [0.5, 0.6) is 0 Å². The summed E-state index contributed by atoms with van der Waals surface area (Å²) in [5.74, 6) is -0.504. The summed E-state index contributed by atoms with van der Waals surface area (Å²) in [6.45, 7) is 2.62. The van der Waals surface area contributed by atoms with Crippen LogP contribution in [-0.2, 0) is 11.4 Å². The van der Waals surface area contributed by atoms with Crippen LogP contribution in [0.3, 0.4) is 0 Å². The summed E-state index contributed by atoms with van der Waals surface area (Å²) in [7, 11) is 1.57. The highest BCUT2D eigenvalue weighted by Crippen LogP contribution is 2.22. The molecular weight excluding hydrogens is 235 g/mol. The van der Waals surface area contributed by atoms with Gasteiger partial charge >= 0.3 is 0 Å². The Bertz CT molecular complexity index is 410. The molecule has 5 heteroatoms. The van der Waals surface area contributed by atoms with Gasteiger partial charge in [0.05, 0.1) is 13.2 Å². The highest BCUT2D eigenvalue weighted by molar-refractivity contribution is 5.81. The lowest BCUT2D eigenvalue weighted by molar-refractivity contribution is -0.119. The van der Waals surface area contributed by atoms with E-state index in [-0.39, 0.29) is 24.9 Å². The van der Waals surface area contributed by atoms with Crippen LogP contribution in [0.4, 0.5) is 10.1 Å². The number of likely N-dealkylation sites (N-methyl/N-ethyl adjacent to an activating group) is 1. The van der Waals surface area contributed by atoms with E-state index in [0.717, 1.165) is 6.42 Å². The van der Waals surface area contributed by atoms with E-state index in [0.29, 0.717) is 17.8 Å². The number of carbonyl (C=O) groups excluding carboxylic acids is 1. The van der Waals surface area contributed by atoms with Crippen LogP contribution in [0, 0.1) is 5.82 Å². The molecule has 1 aromatic carbocycles. The Kier molecular flexibility index (Phi) is 5.58. The summed E-state index contributed by atoms with van der Waals surface area (Å²) in [6.07, 6.45) is 0.860. The van der Waals surface area contributed by atoms with Gasteiger partial charge in [-0.2, -0.15) is 0 Å². The van der Waals surface area contributed by atoms with Gasteiger partial charge in [-0.15, -0.1) is 0 Å². The molecule has 1 rings (SSSR count). The summed E-state index contributed by atoms with van der Waals surface area (Å²) in [6, 6.07) is 4.22. The van der Waals surface area contributed by atoms with Crippen molar-refractivity contribution in [2.24, 2.45) is 0 Å². The molecule has 0 saturated heterocycles. The van der Waals surface area contributed by atoms with Crippen molar-refractivity contribution in [3.63, 3.8) is 0 Å². The molecule has 0 radical (unpaired) electrons. The normalized spacial score (nSPS) is 10.2. The second-order valence-electron chi connectivity index (χ2n) is 4.03. The predicted molar refractivity (Wildman–Crippen MR) is 68.9 cm³/mol. The van der Waals surface area contributed by atoms with Gasteiger partial charge < -0.3 is 15.3 Å². The first kappa shape index (κ1) is 14.4. The average Bonchev–Trinajstić information content (AvgIpc) is 2.37. The monoisotopic (exact) mass is 254 g/mol. The van der Waals surface area contributed by atoms with Crippen LogP contribution in [0.2, 0.25) is 0 Å². The van der Waals surface area contributed by atoms with E-state index in [1.807, 2.05) is 11.8 Å². The fourth-order valence-corrected chi connectivity index (χ4v) is 1.80. The number of hydrogen-bond acceptors (Lipinski definition) is 3. The molecule has 4 nitrogen and oxygen atoms in total. The van der Waals surface area contributed by atoms with Gasteiger partial charge in [0, 0.05) is 24.8 Å². The Balaban J connectivity index is 3.00. The number of aliphatic hydroxyl groups excluding tert-OH is 1. The van der Waals surface area contributed by atoms with Gasteiger partial charge in [-0.05, 0) is 24.6 Å². The second-order valence-corrected chi connectivity index (χ2v) is 4.03. The standard InChI is InChI=1S/C13H19FN2O2/c1-3-6-16(8-13(18)15-2)12-5-4-11(14)7-10(12)9-17/h4-5,7,17H,3,6,8-9H2,1-2H3,(H,15,18). The molecule has 0 bridgehead atoms. The summed E-state index contributed by atoms with van der Waals surface area (Å²) in [5, 5.41) is 11.8. The van der Waals surface area contributed by atoms with Gasteiger partial charge in [-0.25, -0.2) is 4.39 Å². The number of nitrogens with zero attached hydrogens (tertiary/aromatic N) is 1. The van der Waals surface area contributed by atoms with Crippen LogP contribution in [-0.4, -0.2) is 31.2 Å². The minimum absolute atomic E-state index is 0.114. The predicted octanol–water partition coefficient (Wildman–Crippen LogP) is 1.28. The minimum Gasteiger partial charge on any atom is -0.392 e. The smallest absolute Gasteiger partial charge is 0.239 e. The van der Waals surface area contributed by atoms with E-state index in [1.54, 1.807) is 13.1 Å². The number of hydrogen-bond donors (Lipinski definition) is 2. The first-order valence-corrected chi connectivity index (χ1v) is 5.97. The first-order valence-electron chi connectivity index (χ1n) is 5.97. The SMILES string of the molecule is CCCN(CC(=O)NC)c1ccc(F)cc1CO. The summed E-state index contributed by atoms with van der Waals surface area (Å²) in [5.41, 5.74) is 1.19. The molecule has 0 fully saturated rings. The van der Waals surface area contributed by atoms with Gasteiger partial charge in [-0.3, -0.25) is 4.79 Å². The number of halogens is 1. The molecule has 0 heterocycles. The highest BCUT2D eigenvalue weighted by atomic mass is 19.1. The first-order chi connectivity index (χ1) is 8.62. The third kappa shape index (κ3) is 3.70. The number of carbonyl (C=O) groups is 1. The summed E-state index contributed by atoms with van der Waals surface area (Å²) >= 11 is 0. The molecule has 0 aliphatic heterocycles. The zero-order valence-corrected chi connectivity index (χ0v) is 10.7. The Morgan fingerprint density at radius 1 is 1.50 bits per heavy atom. The molecule has 1 aromatic rings. The number of benzene rings is 1. The van der Waals surface area contributed by atoms with Crippen molar-refractivity contribution in [3.05, 3.63) is 29.6 Å². The molecule has 1 amide bonds. The lowest BCUT2D eigenvalue weighted by Gasteiger charge is -2.25. The molecular formula is C13H19FN2O2. The van der Waals surface area contributed by atoms with Gasteiger partial charge in [0.2, 0.25) is 5.91 Å². The molecule has 0 saturated carbocycles. The molecule has 0 atom stereocenters. The fourth-order valence-electron chi connectivity index (χ4n) is 1.80. The van der Waals surface area contributed by atoms with Crippen molar-refractivity contribution in [2.75, 3.05) is 25.0 Å². The third-order valence-electron chi connectivity index (χ3n) is 2.66. The number of rotatable bonds is 6. The molecule has 0 aliphatic carbocycles. The molecule has 0 spiro atoms. The Hall–Kier alpha value is -1.62. The molecule has 2 N–H and O–H groups in total. The second kappa shape index (κ2) is 6.96. The Morgan fingerprint density at radius 3 is 2.78 bits per heavy atom. The maximum Gasteiger partial charge on any atom is 0.239 e. The van der Waals surface area contributed by atoms with E-state index in [1.165, 1.54) is 12.1 Å². The lowest BCUT2D eigenvalue weighted by atomic mass is 10.1.